The molecule has 0 aliphatic carbocycles. The van der Waals surface area contributed by atoms with E-state index in [0.717, 1.165) is 17.0 Å². The quantitative estimate of drug-likeness (QED) is 0.733. The van der Waals surface area contributed by atoms with E-state index in [0.29, 0.717) is 6.42 Å². The third kappa shape index (κ3) is 4.18. The van der Waals surface area contributed by atoms with Gasteiger partial charge < -0.3 is 15.4 Å². The van der Waals surface area contributed by atoms with Gasteiger partial charge in [-0.15, -0.1) is 0 Å². The zero-order chi connectivity index (χ0) is 20.4. The van der Waals surface area contributed by atoms with Crippen LogP contribution in [0.4, 0.5) is 28.0 Å². The lowest BCUT2D eigenvalue weighted by atomic mass is 9.90. The Morgan fingerprint density at radius 3 is 2.54 bits per heavy atom. The van der Waals surface area contributed by atoms with Crippen LogP contribution >= 0.6 is 0 Å². The molecule has 2 heterocycles. The van der Waals surface area contributed by atoms with Crippen LogP contribution in [-0.2, 0) is 14.3 Å². The maximum atomic E-state index is 14.5. The molecular formula is C17H17F4N3O4. The Morgan fingerprint density at radius 1 is 1.29 bits per heavy atom. The molecule has 0 aromatic heterocycles. The monoisotopic (exact) mass is 403 g/mol. The molecule has 3 rings (SSSR count). The predicted molar refractivity (Wildman–Crippen MR) is 88.0 cm³/mol. The predicted octanol–water partition coefficient (Wildman–Crippen LogP) is 1.66. The minimum Gasteiger partial charge on any atom is -0.442 e. The van der Waals surface area contributed by atoms with Crippen molar-refractivity contribution >= 4 is 23.6 Å². The van der Waals surface area contributed by atoms with Crippen molar-refractivity contribution in [2.75, 3.05) is 24.5 Å². The first kappa shape index (κ1) is 19.9. The molecule has 1 unspecified atom stereocenters. The number of ether oxygens (including phenoxy) is 1. The van der Waals surface area contributed by atoms with Crippen LogP contribution in [0, 0.1) is 11.6 Å². The third-order valence-corrected chi connectivity index (χ3v) is 4.63. The maximum Gasteiger partial charge on any atom is 0.414 e. The molecule has 0 bridgehead atoms. The normalized spacial score (nSPS) is 22.2. The van der Waals surface area contributed by atoms with Crippen molar-refractivity contribution in [3.05, 3.63) is 29.3 Å². The Kier molecular flexibility index (Phi) is 5.71. The van der Waals surface area contributed by atoms with E-state index in [1.807, 2.05) is 5.32 Å². The van der Waals surface area contributed by atoms with E-state index in [2.05, 4.69) is 5.32 Å². The fraction of sp³-hybridized carbons (Fsp3) is 0.471. The molecule has 2 N–H and O–H groups in total. The Bertz CT molecular complexity index is 772. The average molecular weight is 403 g/mol. The fourth-order valence-corrected chi connectivity index (χ4v) is 3.23. The number of anilines is 1. The first-order valence-corrected chi connectivity index (χ1v) is 8.56. The lowest BCUT2D eigenvalue weighted by Crippen LogP contribution is -2.37. The Balaban J connectivity index is 1.71. The third-order valence-electron chi connectivity index (χ3n) is 4.63. The number of nitrogens with zero attached hydrogens (tertiary/aromatic N) is 1. The number of benzene rings is 1. The van der Waals surface area contributed by atoms with E-state index >= 15 is 0 Å². The van der Waals surface area contributed by atoms with E-state index in [-0.39, 0.29) is 43.2 Å². The van der Waals surface area contributed by atoms with Gasteiger partial charge in [-0.1, -0.05) is 0 Å². The highest BCUT2D eigenvalue weighted by atomic mass is 19.3. The highest BCUT2D eigenvalue weighted by Crippen LogP contribution is 2.32. The number of carbonyl (C=O) groups excluding carboxylic acids is 3. The summed E-state index contributed by atoms with van der Waals surface area (Å²) >= 11 is 0. The molecule has 2 atom stereocenters. The lowest BCUT2D eigenvalue weighted by molar-refractivity contribution is -0.132. The van der Waals surface area contributed by atoms with Gasteiger partial charge in [0.1, 0.15) is 17.7 Å². The number of rotatable bonds is 5. The van der Waals surface area contributed by atoms with Gasteiger partial charge in [-0.3, -0.25) is 14.5 Å². The van der Waals surface area contributed by atoms with Crippen molar-refractivity contribution in [1.29, 1.82) is 0 Å². The van der Waals surface area contributed by atoms with Crippen LogP contribution in [-0.4, -0.2) is 50.1 Å². The largest absolute Gasteiger partial charge is 0.442 e. The van der Waals surface area contributed by atoms with Crippen LogP contribution < -0.4 is 15.5 Å². The molecule has 0 radical (unpaired) electrons. The number of alkyl halides is 2. The van der Waals surface area contributed by atoms with Gasteiger partial charge in [0, 0.05) is 24.4 Å². The number of hydrogen-bond donors (Lipinski definition) is 2. The first-order valence-electron chi connectivity index (χ1n) is 8.56. The van der Waals surface area contributed by atoms with Crippen LogP contribution in [0.2, 0.25) is 0 Å². The summed E-state index contributed by atoms with van der Waals surface area (Å²) in [5.74, 6) is -3.93. The van der Waals surface area contributed by atoms with Crippen molar-refractivity contribution in [2.24, 2.45) is 0 Å². The van der Waals surface area contributed by atoms with E-state index in [9.17, 15) is 31.9 Å². The summed E-state index contributed by atoms with van der Waals surface area (Å²) < 4.78 is 58.4. The molecule has 11 heteroatoms. The van der Waals surface area contributed by atoms with Gasteiger partial charge in [0.2, 0.25) is 5.91 Å². The summed E-state index contributed by atoms with van der Waals surface area (Å²) in [6.07, 6.45) is -4.58. The maximum absolute atomic E-state index is 14.5. The average Bonchev–Trinajstić information content (AvgIpc) is 3.01. The molecule has 28 heavy (non-hydrogen) atoms. The second-order valence-corrected chi connectivity index (χ2v) is 6.52. The van der Waals surface area contributed by atoms with Crippen LogP contribution in [0.1, 0.15) is 24.3 Å². The minimum atomic E-state index is -3.20. The smallest absolute Gasteiger partial charge is 0.414 e. The summed E-state index contributed by atoms with van der Waals surface area (Å²) in [7, 11) is 0. The van der Waals surface area contributed by atoms with E-state index in [1.165, 1.54) is 0 Å². The second kappa shape index (κ2) is 8.03. The summed E-state index contributed by atoms with van der Waals surface area (Å²) in [4.78, 5) is 35.0. The molecule has 2 fully saturated rings. The van der Waals surface area contributed by atoms with Gasteiger partial charge in [-0.25, -0.2) is 13.6 Å². The van der Waals surface area contributed by atoms with Crippen LogP contribution in [0.25, 0.3) is 0 Å². The molecule has 7 nitrogen and oxygen atoms in total. The Morgan fingerprint density at radius 2 is 1.96 bits per heavy atom. The molecule has 2 saturated heterocycles. The van der Waals surface area contributed by atoms with Gasteiger partial charge in [-0.05, 0) is 18.6 Å². The molecule has 2 aliphatic rings. The summed E-state index contributed by atoms with van der Waals surface area (Å²) in [5.41, 5.74) is -0.261. The molecule has 0 saturated carbocycles. The van der Waals surface area contributed by atoms with Crippen molar-refractivity contribution in [2.45, 2.75) is 31.3 Å². The SMILES string of the molecule is O=C1CCC(c2c(F)cc(N3C[C@H](CNC(=O)C(F)F)OC3=O)cc2F)CN1. The van der Waals surface area contributed by atoms with Gasteiger partial charge in [0.15, 0.2) is 0 Å². The Hall–Kier alpha value is -2.85. The molecule has 1 aromatic rings. The van der Waals surface area contributed by atoms with Gasteiger partial charge in [0.05, 0.1) is 18.8 Å². The number of nitrogens with one attached hydrogen (secondary N) is 2. The topological polar surface area (TPSA) is 87.7 Å². The van der Waals surface area contributed by atoms with Crippen molar-refractivity contribution in [3.63, 3.8) is 0 Å². The zero-order valence-corrected chi connectivity index (χ0v) is 14.5. The second-order valence-electron chi connectivity index (χ2n) is 6.52. The molecule has 1 aromatic carbocycles. The Labute approximate surface area is 157 Å². The minimum absolute atomic E-state index is 0.0914. The van der Waals surface area contributed by atoms with Gasteiger partial charge in [0.25, 0.3) is 5.91 Å². The molecular weight excluding hydrogens is 386 g/mol. The summed E-state index contributed by atoms with van der Waals surface area (Å²) in [6, 6.07) is 1.96. The highest BCUT2D eigenvalue weighted by Gasteiger charge is 2.34. The van der Waals surface area contributed by atoms with Gasteiger partial charge >= 0.3 is 12.5 Å². The fourth-order valence-electron chi connectivity index (χ4n) is 3.23. The van der Waals surface area contributed by atoms with Crippen LogP contribution in [0.5, 0.6) is 0 Å². The molecule has 2 aliphatic heterocycles. The number of halogens is 4. The van der Waals surface area contributed by atoms with Crippen molar-refractivity contribution < 1.29 is 36.7 Å². The number of amides is 3. The zero-order valence-electron chi connectivity index (χ0n) is 14.5. The summed E-state index contributed by atoms with van der Waals surface area (Å²) in [6.45, 7) is -0.403. The van der Waals surface area contributed by atoms with Gasteiger partial charge in [-0.2, -0.15) is 8.78 Å². The van der Waals surface area contributed by atoms with E-state index in [4.69, 9.17) is 4.74 Å². The van der Waals surface area contributed by atoms with E-state index < -0.39 is 42.1 Å². The number of hydrogen-bond acceptors (Lipinski definition) is 4. The molecule has 0 spiro atoms. The van der Waals surface area contributed by atoms with Crippen LogP contribution in [0.3, 0.4) is 0 Å². The number of cyclic esters (lactones) is 1. The molecule has 3 amide bonds. The van der Waals surface area contributed by atoms with Crippen LogP contribution in [0.15, 0.2) is 12.1 Å². The number of piperidine rings is 1. The first-order chi connectivity index (χ1) is 13.3. The van der Waals surface area contributed by atoms with Crippen molar-refractivity contribution in [1.82, 2.24) is 10.6 Å². The van der Waals surface area contributed by atoms with Crippen molar-refractivity contribution in [3.8, 4) is 0 Å². The molecule has 152 valence electrons. The number of carbonyl (C=O) groups is 3. The standard InChI is InChI=1S/C17H17F4N3O4/c18-11-3-9(4-12(19)14(11)8-1-2-13(25)22-5-8)24-7-10(28-17(24)27)6-23-16(26)15(20)21/h3-4,8,10,15H,1-2,5-7H2,(H,22,25)(H,23,26)/t8?,10-/m0/s1. The summed E-state index contributed by atoms with van der Waals surface area (Å²) in [5, 5.41) is 4.47. The lowest BCUT2D eigenvalue weighted by Gasteiger charge is -2.24. The van der Waals surface area contributed by atoms with E-state index in [1.54, 1.807) is 0 Å². The highest BCUT2D eigenvalue weighted by molar-refractivity contribution is 5.90.